The molecule has 2 atom stereocenters. The molecule has 1 unspecified atom stereocenters. The second kappa shape index (κ2) is 6.72. The summed E-state index contributed by atoms with van der Waals surface area (Å²) in [5.74, 6) is -0.0667. The van der Waals surface area contributed by atoms with Crippen LogP contribution >= 0.6 is 0 Å². The van der Waals surface area contributed by atoms with Crippen LogP contribution in [0.1, 0.15) is 35.3 Å². The molecule has 1 fully saturated rings. The molecular weight excluding hydrogens is 352 g/mol. The summed E-state index contributed by atoms with van der Waals surface area (Å²) >= 11 is 0. The van der Waals surface area contributed by atoms with Gasteiger partial charge in [-0.15, -0.1) is 0 Å². The van der Waals surface area contributed by atoms with Crippen molar-refractivity contribution in [3.05, 3.63) is 53.3 Å². The van der Waals surface area contributed by atoms with Gasteiger partial charge in [0.25, 0.3) is 0 Å². The Bertz CT molecular complexity index is 896. The first-order valence-corrected chi connectivity index (χ1v) is 8.40. The Hall–Kier alpha value is -3.40. The molecule has 2 aromatic rings. The number of carbonyl (C=O) groups excluding carboxylic acids is 1. The lowest BCUT2D eigenvalue weighted by Gasteiger charge is -2.29. The largest absolute Gasteiger partial charge is 0.463 e. The molecule has 0 saturated carbocycles. The Kier molecular flexibility index (Phi) is 4.24. The zero-order valence-electron chi connectivity index (χ0n) is 14.3. The van der Waals surface area contributed by atoms with Gasteiger partial charge in [-0.25, -0.2) is 9.59 Å². The lowest BCUT2D eigenvalue weighted by molar-refractivity contribution is -0.141. The molecule has 3 amide bonds. The van der Waals surface area contributed by atoms with Crippen LogP contribution < -0.4 is 5.73 Å². The standard InChI is InChI=1S/C17H18N6O4/c18-14(20-16(24)25)6-12-15-11(7-19-21-15)13-8-22(12)17(26)23(13)27-9-10-4-2-1-3-5-10/h1-5,7,12-13H,6,8-9H2,(H2,18,20)(H,19,21)(H,24,25)/t12?,13-/m1/s1. The fraction of sp³-hybridized carbons (Fsp3) is 0.294. The number of nitrogens with one attached hydrogen (secondary N) is 1. The van der Waals surface area contributed by atoms with Gasteiger partial charge >= 0.3 is 12.1 Å². The Balaban J connectivity index is 1.57. The molecule has 10 nitrogen and oxygen atoms in total. The monoisotopic (exact) mass is 370 g/mol. The topological polar surface area (TPSA) is 137 Å². The maximum absolute atomic E-state index is 12.9. The number of hydroxylamine groups is 2. The summed E-state index contributed by atoms with van der Waals surface area (Å²) in [7, 11) is 0. The van der Waals surface area contributed by atoms with E-state index in [-0.39, 0.29) is 30.9 Å². The van der Waals surface area contributed by atoms with Crippen molar-refractivity contribution in [3.8, 4) is 0 Å². The minimum atomic E-state index is -1.37. The first-order valence-electron chi connectivity index (χ1n) is 8.40. The van der Waals surface area contributed by atoms with Crippen molar-refractivity contribution in [2.75, 3.05) is 6.54 Å². The summed E-state index contributed by atoms with van der Waals surface area (Å²) < 4.78 is 0. The summed E-state index contributed by atoms with van der Waals surface area (Å²) in [4.78, 5) is 34.4. The van der Waals surface area contributed by atoms with Crippen molar-refractivity contribution in [1.82, 2.24) is 20.2 Å². The zero-order valence-corrected chi connectivity index (χ0v) is 14.3. The molecule has 140 valence electrons. The number of carbonyl (C=O) groups is 2. The number of aromatic nitrogens is 2. The minimum Gasteiger partial charge on any atom is -0.463 e. The Morgan fingerprint density at radius 3 is 2.93 bits per heavy atom. The molecule has 0 aliphatic carbocycles. The quantitative estimate of drug-likeness (QED) is 0.542. The number of hydrogen-bond acceptors (Lipinski definition) is 4. The number of H-pyrrole nitrogens is 1. The van der Waals surface area contributed by atoms with E-state index in [1.807, 2.05) is 30.3 Å². The van der Waals surface area contributed by atoms with Gasteiger partial charge < -0.3 is 15.7 Å². The minimum absolute atomic E-state index is 0.0667. The number of fused-ring (bicyclic) bond motifs is 4. The van der Waals surface area contributed by atoms with Crippen molar-refractivity contribution >= 4 is 18.0 Å². The molecule has 3 heterocycles. The second-order valence-corrected chi connectivity index (χ2v) is 6.38. The van der Waals surface area contributed by atoms with Crippen molar-refractivity contribution in [2.24, 2.45) is 10.7 Å². The smallest absolute Gasteiger partial charge is 0.432 e. The highest BCUT2D eigenvalue weighted by Crippen LogP contribution is 2.44. The van der Waals surface area contributed by atoms with Crippen LogP contribution in [0, 0.1) is 0 Å². The van der Waals surface area contributed by atoms with E-state index in [0.29, 0.717) is 12.2 Å². The molecule has 27 heavy (non-hydrogen) atoms. The number of aliphatic imine (C=N–C) groups is 1. The Labute approximate surface area is 154 Å². The highest BCUT2D eigenvalue weighted by Gasteiger charge is 2.49. The first-order chi connectivity index (χ1) is 13.0. The summed E-state index contributed by atoms with van der Waals surface area (Å²) in [6.07, 6.45) is 0.380. The number of nitrogens with zero attached hydrogens (tertiary/aromatic N) is 4. The van der Waals surface area contributed by atoms with Crippen molar-refractivity contribution < 1.29 is 19.5 Å². The SMILES string of the molecule is NC(CC1c2[nH]ncc2[C@H]2CN1C(=O)N2OCc1ccccc1)=NC(=O)O. The van der Waals surface area contributed by atoms with Crippen LogP contribution in [0.3, 0.4) is 0 Å². The summed E-state index contributed by atoms with van der Waals surface area (Å²) in [6, 6.07) is 8.50. The van der Waals surface area contributed by atoms with Gasteiger partial charge in [0.05, 0.1) is 24.5 Å². The second-order valence-electron chi connectivity index (χ2n) is 6.38. The summed E-state index contributed by atoms with van der Waals surface area (Å²) in [6.45, 7) is 0.669. The average Bonchev–Trinajstić information content (AvgIpc) is 3.22. The number of amides is 3. The Morgan fingerprint density at radius 1 is 1.41 bits per heavy atom. The zero-order chi connectivity index (χ0) is 19.0. The third kappa shape index (κ3) is 3.10. The molecule has 2 aliphatic heterocycles. The van der Waals surface area contributed by atoms with E-state index in [4.69, 9.17) is 15.7 Å². The van der Waals surface area contributed by atoms with E-state index in [1.165, 1.54) is 5.06 Å². The van der Waals surface area contributed by atoms with Crippen molar-refractivity contribution in [2.45, 2.75) is 25.1 Å². The highest BCUT2D eigenvalue weighted by atomic mass is 16.7. The predicted molar refractivity (Wildman–Crippen MR) is 93.5 cm³/mol. The van der Waals surface area contributed by atoms with Gasteiger partial charge in [-0.2, -0.15) is 15.2 Å². The van der Waals surface area contributed by atoms with E-state index in [9.17, 15) is 9.59 Å². The van der Waals surface area contributed by atoms with Gasteiger partial charge in [-0.05, 0) is 5.56 Å². The van der Waals surface area contributed by atoms with Gasteiger partial charge in [0.1, 0.15) is 18.5 Å². The third-order valence-corrected chi connectivity index (χ3v) is 4.71. The molecule has 10 heteroatoms. The van der Waals surface area contributed by atoms with Gasteiger partial charge in [-0.1, -0.05) is 30.3 Å². The van der Waals surface area contributed by atoms with Crippen molar-refractivity contribution in [1.29, 1.82) is 0 Å². The molecular formula is C17H18N6O4. The van der Waals surface area contributed by atoms with Crippen molar-refractivity contribution in [3.63, 3.8) is 0 Å². The highest BCUT2D eigenvalue weighted by molar-refractivity contribution is 5.91. The summed E-state index contributed by atoms with van der Waals surface area (Å²) in [5.41, 5.74) is 8.22. The van der Waals surface area contributed by atoms with Gasteiger partial charge in [0.2, 0.25) is 0 Å². The van der Waals surface area contributed by atoms with Crippen LogP contribution in [0.4, 0.5) is 9.59 Å². The van der Waals surface area contributed by atoms with E-state index in [0.717, 1.165) is 11.1 Å². The van der Waals surface area contributed by atoms with Gasteiger partial charge in [0, 0.05) is 12.0 Å². The molecule has 1 aromatic carbocycles. The van der Waals surface area contributed by atoms with Crippen LogP contribution in [-0.2, 0) is 11.4 Å². The maximum atomic E-state index is 12.9. The van der Waals surface area contributed by atoms with Crippen LogP contribution in [0.15, 0.2) is 41.5 Å². The number of aromatic amines is 1. The lowest BCUT2D eigenvalue weighted by Crippen LogP contribution is -2.36. The van der Waals surface area contributed by atoms with E-state index in [2.05, 4.69) is 15.2 Å². The predicted octanol–water partition coefficient (Wildman–Crippen LogP) is 1.80. The third-order valence-electron chi connectivity index (χ3n) is 4.71. The lowest BCUT2D eigenvalue weighted by atomic mass is 9.96. The number of hydrogen-bond donors (Lipinski definition) is 3. The van der Waals surface area contributed by atoms with Gasteiger partial charge in [-0.3, -0.25) is 9.94 Å². The van der Waals surface area contributed by atoms with Crippen LogP contribution in [-0.4, -0.2) is 49.8 Å². The first kappa shape index (κ1) is 17.0. The fourth-order valence-electron chi connectivity index (χ4n) is 3.52. The number of amidine groups is 1. The van der Waals surface area contributed by atoms with E-state index >= 15 is 0 Å². The fourth-order valence-corrected chi connectivity index (χ4v) is 3.52. The molecule has 4 rings (SSSR count). The number of urea groups is 1. The Morgan fingerprint density at radius 2 is 2.19 bits per heavy atom. The van der Waals surface area contributed by atoms with E-state index < -0.39 is 12.1 Å². The molecule has 1 aromatic heterocycles. The number of benzene rings is 1. The van der Waals surface area contributed by atoms with E-state index in [1.54, 1.807) is 11.1 Å². The molecule has 4 N–H and O–H groups in total. The maximum Gasteiger partial charge on any atom is 0.432 e. The number of nitrogens with two attached hydrogens (primary N) is 1. The molecule has 2 bridgehead atoms. The normalized spacial score (nSPS) is 21.5. The van der Waals surface area contributed by atoms with Crippen LogP contribution in [0.25, 0.3) is 0 Å². The molecule has 1 saturated heterocycles. The number of carboxylic acid groups (broad SMARTS) is 1. The average molecular weight is 370 g/mol. The van der Waals surface area contributed by atoms with Crippen LogP contribution in [0.2, 0.25) is 0 Å². The summed E-state index contributed by atoms with van der Waals surface area (Å²) in [5, 5.41) is 17.1. The molecule has 0 radical (unpaired) electrons. The van der Waals surface area contributed by atoms with Gasteiger partial charge in [0.15, 0.2) is 0 Å². The van der Waals surface area contributed by atoms with Crippen LogP contribution in [0.5, 0.6) is 0 Å². The molecule has 2 aliphatic rings. The number of rotatable bonds is 5. The molecule has 0 spiro atoms.